The number of esters is 1. The molecule has 0 radical (unpaired) electrons. The van der Waals surface area contributed by atoms with Gasteiger partial charge in [0.05, 0.1) is 0 Å². The molecule has 0 aromatic carbocycles. The Balaban J connectivity index is 3.03. The molecule has 5 nitrogen and oxygen atoms in total. The monoisotopic (exact) mass is 269 g/mol. The second-order valence-corrected chi connectivity index (χ2v) is 6.12. The number of rotatable bonds is 3. The molecule has 1 saturated heterocycles. The molecule has 1 fully saturated rings. The molecule has 1 aliphatic heterocycles. The van der Waals surface area contributed by atoms with Crippen molar-refractivity contribution in [3.63, 3.8) is 0 Å². The van der Waals surface area contributed by atoms with E-state index in [0.29, 0.717) is 0 Å². The Kier molecular flexibility index (Phi) is 4.61. The van der Waals surface area contributed by atoms with Crippen LogP contribution in [0.5, 0.6) is 0 Å². The Labute approximate surface area is 114 Å². The summed E-state index contributed by atoms with van der Waals surface area (Å²) >= 11 is 0. The molecule has 1 heterocycles. The summed E-state index contributed by atoms with van der Waals surface area (Å²) in [5, 5.41) is 0. The van der Waals surface area contributed by atoms with E-state index >= 15 is 0 Å². The van der Waals surface area contributed by atoms with Crippen LogP contribution in [0.4, 0.5) is 4.79 Å². The van der Waals surface area contributed by atoms with E-state index in [0.717, 1.165) is 0 Å². The molecule has 0 aromatic rings. The first-order chi connectivity index (χ1) is 8.70. The number of carbonyl (C=O) groups excluding carboxylic acids is 2. The Morgan fingerprint density at radius 2 is 2.11 bits per heavy atom. The van der Waals surface area contributed by atoms with Crippen molar-refractivity contribution in [2.75, 3.05) is 6.61 Å². The molecule has 1 rings (SSSR count). The highest BCUT2D eigenvalue weighted by Gasteiger charge is 2.51. The summed E-state index contributed by atoms with van der Waals surface area (Å²) in [6.45, 7) is 13.1. The van der Waals surface area contributed by atoms with Crippen LogP contribution in [-0.4, -0.2) is 35.8 Å². The van der Waals surface area contributed by atoms with Crippen LogP contribution in [-0.2, 0) is 14.3 Å². The van der Waals surface area contributed by atoms with E-state index in [4.69, 9.17) is 9.47 Å². The molecule has 0 N–H and O–H groups in total. The van der Waals surface area contributed by atoms with Gasteiger partial charge in [0, 0.05) is 5.41 Å². The van der Waals surface area contributed by atoms with Crippen molar-refractivity contribution in [2.24, 2.45) is 11.3 Å². The maximum absolute atomic E-state index is 12.1. The van der Waals surface area contributed by atoms with Gasteiger partial charge >= 0.3 is 12.1 Å². The van der Waals surface area contributed by atoms with Gasteiger partial charge < -0.3 is 9.47 Å². The average molecular weight is 269 g/mol. The van der Waals surface area contributed by atoms with Gasteiger partial charge in [-0.15, -0.1) is 0 Å². The number of carbonyl (C=O) groups is 2. The Hall–Kier alpha value is -1.52. The molecular weight excluding hydrogens is 246 g/mol. The molecule has 0 aliphatic carbocycles. The molecule has 0 aromatic heterocycles. The van der Waals surface area contributed by atoms with E-state index in [1.165, 1.54) is 11.0 Å². The zero-order valence-corrected chi connectivity index (χ0v) is 12.3. The Bertz CT molecular complexity index is 370. The topological polar surface area (TPSA) is 55.8 Å². The van der Waals surface area contributed by atoms with E-state index in [9.17, 15) is 9.59 Å². The molecule has 19 heavy (non-hydrogen) atoms. The molecular formula is C14H23NO4. The lowest BCUT2D eigenvalue weighted by atomic mass is 9.92. The first-order valence-corrected chi connectivity index (χ1v) is 6.46. The number of ether oxygens (including phenoxy) is 2. The summed E-state index contributed by atoms with van der Waals surface area (Å²) in [4.78, 5) is 25.5. The van der Waals surface area contributed by atoms with Crippen molar-refractivity contribution in [1.29, 1.82) is 0 Å². The highest BCUT2D eigenvalue weighted by molar-refractivity contribution is 5.84. The largest absolute Gasteiger partial charge is 0.445 e. The van der Waals surface area contributed by atoms with Gasteiger partial charge in [-0.05, 0) is 5.92 Å². The number of cyclic esters (lactones) is 1. The molecule has 0 unspecified atom stereocenters. The van der Waals surface area contributed by atoms with Gasteiger partial charge in [0.1, 0.15) is 12.6 Å². The second kappa shape index (κ2) is 5.63. The third-order valence-electron chi connectivity index (χ3n) is 2.93. The van der Waals surface area contributed by atoms with Crippen LogP contribution >= 0.6 is 0 Å². The minimum atomic E-state index is -0.607. The van der Waals surface area contributed by atoms with Gasteiger partial charge in [0.25, 0.3) is 0 Å². The quantitative estimate of drug-likeness (QED) is 0.583. The summed E-state index contributed by atoms with van der Waals surface area (Å²) in [5.41, 5.74) is -0.369. The number of hydrogen-bond donors (Lipinski definition) is 0. The van der Waals surface area contributed by atoms with Gasteiger partial charge in [-0.1, -0.05) is 47.3 Å². The third-order valence-corrected chi connectivity index (χ3v) is 2.93. The van der Waals surface area contributed by atoms with Gasteiger partial charge in [-0.3, -0.25) is 4.90 Å². The summed E-state index contributed by atoms with van der Waals surface area (Å²) < 4.78 is 10.4. The molecule has 0 saturated carbocycles. The Morgan fingerprint density at radius 3 is 2.53 bits per heavy atom. The molecule has 108 valence electrons. The van der Waals surface area contributed by atoms with Crippen LogP contribution in [0.15, 0.2) is 12.7 Å². The van der Waals surface area contributed by atoms with Crippen molar-refractivity contribution in [1.82, 2.24) is 4.90 Å². The Morgan fingerprint density at radius 1 is 1.53 bits per heavy atom. The SMILES string of the molecule is C=CCOC(=O)N1[C@H](C(C)C)C(=O)O[C@@H]1C(C)(C)C. The van der Waals surface area contributed by atoms with Crippen molar-refractivity contribution in [3.05, 3.63) is 12.7 Å². The van der Waals surface area contributed by atoms with Gasteiger partial charge in [0.2, 0.25) is 0 Å². The summed E-state index contributed by atoms with van der Waals surface area (Å²) in [5.74, 6) is -0.401. The van der Waals surface area contributed by atoms with E-state index in [1.54, 1.807) is 0 Å². The normalized spacial score (nSPS) is 23.5. The zero-order valence-electron chi connectivity index (χ0n) is 12.3. The van der Waals surface area contributed by atoms with Crippen LogP contribution < -0.4 is 0 Å². The molecule has 2 atom stereocenters. The first-order valence-electron chi connectivity index (χ1n) is 6.46. The van der Waals surface area contributed by atoms with Crippen molar-refractivity contribution >= 4 is 12.1 Å². The van der Waals surface area contributed by atoms with Crippen LogP contribution in [0.25, 0.3) is 0 Å². The lowest BCUT2D eigenvalue weighted by Gasteiger charge is -2.34. The average Bonchev–Trinajstić information content (AvgIpc) is 2.63. The molecule has 0 spiro atoms. The molecule has 0 bridgehead atoms. The lowest BCUT2D eigenvalue weighted by molar-refractivity contribution is -0.147. The zero-order chi connectivity index (χ0) is 14.8. The van der Waals surface area contributed by atoms with E-state index in [1.807, 2.05) is 34.6 Å². The standard InChI is InChI=1S/C14H23NO4/c1-7-8-18-13(17)15-10(9(2)3)11(16)19-12(15)14(4,5)6/h7,9-10,12H,1,8H2,2-6H3/t10-,12-/m1/s1. The fourth-order valence-electron chi connectivity index (χ4n) is 2.10. The fourth-order valence-corrected chi connectivity index (χ4v) is 2.10. The van der Waals surface area contributed by atoms with Crippen LogP contribution in [0.2, 0.25) is 0 Å². The van der Waals surface area contributed by atoms with E-state index in [2.05, 4.69) is 6.58 Å². The van der Waals surface area contributed by atoms with Crippen LogP contribution in [0, 0.1) is 11.3 Å². The third kappa shape index (κ3) is 3.28. The van der Waals surface area contributed by atoms with E-state index < -0.39 is 18.4 Å². The molecule has 1 aliphatic rings. The number of nitrogens with zero attached hydrogens (tertiary/aromatic N) is 1. The van der Waals surface area contributed by atoms with Crippen molar-refractivity contribution < 1.29 is 19.1 Å². The highest BCUT2D eigenvalue weighted by Crippen LogP contribution is 2.35. The van der Waals surface area contributed by atoms with Gasteiger partial charge in [0.15, 0.2) is 6.23 Å². The summed E-state index contributed by atoms with van der Waals surface area (Å²) in [7, 11) is 0. The smallest absolute Gasteiger partial charge is 0.413 e. The number of amides is 1. The minimum absolute atomic E-state index is 0.0314. The second-order valence-electron chi connectivity index (χ2n) is 6.12. The maximum Gasteiger partial charge on any atom is 0.413 e. The maximum atomic E-state index is 12.1. The van der Waals surface area contributed by atoms with Crippen molar-refractivity contribution in [3.8, 4) is 0 Å². The van der Waals surface area contributed by atoms with Crippen LogP contribution in [0.3, 0.4) is 0 Å². The van der Waals surface area contributed by atoms with Crippen molar-refractivity contribution in [2.45, 2.75) is 46.9 Å². The molecule has 1 amide bonds. The minimum Gasteiger partial charge on any atom is -0.445 e. The fraction of sp³-hybridized carbons (Fsp3) is 0.714. The number of hydrogen-bond acceptors (Lipinski definition) is 4. The molecule has 5 heteroatoms. The predicted octanol–water partition coefficient (Wildman–Crippen LogP) is 2.56. The lowest BCUT2D eigenvalue weighted by Crippen LogP contribution is -2.49. The van der Waals surface area contributed by atoms with Crippen LogP contribution in [0.1, 0.15) is 34.6 Å². The summed E-state index contributed by atoms with van der Waals surface area (Å²) in [6.07, 6.45) is 0.349. The highest BCUT2D eigenvalue weighted by atomic mass is 16.6. The predicted molar refractivity (Wildman–Crippen MR) is 71.3 cm³/mol. The van der Waals surface area contributed by atoms with Gasteiger partial charge in [-0.2, -0.15) is 0 Å². The van der Waals surface area contributed by atoms with E-state index in [-0.39, 0.29) is 23.9 Å². The summed E-state index contributed by atoms with van der Waals surface area (Å²) in [6, 6.07) is -0.596. The van der Waals surface area contributed by atoms with Gasteiger partial charge in [-0.25, -0.2) is 9.59 Å². The first kappa shape index (κ1) is 15.5.